The molecule has 1 saturated heterocycles. The van der Waals surface area contributed by atoms with Gasteiger partial charge in [-0.25, -0.2) is 0 Å². The highest BCUT2D eigenvalue weighted by atomic mass is 16.5. The highest BCUT2D eigenvalue weighted by Gasteiger charge is 2.14. The maximum Gasteiger partial charge on any atom is 0.120 e. The highest BCUT2D eigenvalue weighted by Crippen LogP contribution is 2.15. The van der Waals surface area contributed by atoms with Gasteiger partial charge in [0.05, 0.1) is 6.10 Å². The van der Waals surface area contributed by atoms with E-state index in [0.717, 1.165) is 18.8 Å². The number of likely N-dealkylation sites (tertiary alicyclic amines) is 1. The smallest absolute Gasteiger partial charge is 0.120 e. The molecule has 1 aliphatic rings. The molecular formula is C18H30N2O. The van der Waals surface area contributed by atoms with Gasteiger partial charge in [-0.15, -0.1) is 0 Å². The lowest BCUT2D eigenvalue weighted by molar-refractivity contribution is 0.242. The predicted octanol–water partition coefficient (Wildman–Crippen LogP) is 3.30. The minimum absolute atomic E-state index is 0.230. The van der Waals surface area contributed by atoms with Crippen molar-refractivity contribution >= 4 is 0 Å². The third-order valence-electron chi connectivity index (χ3n) is 3.86. The summed E-state index contributed by atoms with van der Waals surface area (Å²) in [5.74, 6) is 1.67. The van der Waals surface area contributed by atoms with E-state index < -0.39 is 0 Å². The Labute approximate surface area is 129 Å². The van der Waals surface area contributed by atoms with Gasteiger partial charge in [-0.05, 0) is 69.9 Å². The van der Waals surface area contributed by atoms with Gasteiger partial charge >= 0.3 is 0 Å². The molecule has 0 spiro atoms. The number of nitrogens with one attached hydrogen (secondary N) is 1. The Balaban J connectivity index is 1.69. The van der Waals surface area contributed by atoms with Crippen LogP contribution in [-0.4, -0.2) is 37.2 Å². The summed E-state index contributed by atoms with van der Waals surface area (Å²) in [4.78, 5) is 2.59. The molecule has 1 N–H and O–H groups in total. The third kappa shape index (κ3) is 6.06. The second-order valence-corrected chi connectivity index (χ2v) is 6.56. The molecule has 118 valence electrons. The average Bonchev–Trinajstić information content (AvgIpc) is 2.91. The van der Waals surface area contributed by atoms with Gasteiger partial charge in [-0.2, -0.15) is 0 Å². The van der Waals surface area contributed by atoms with E-state index in [1.54, 1.807) is 0 Å². The normalized spacial score (nSPS) is 17.3. The molecule has 21 heavy (non-hydrogen) atoms. The number of nitrogens with zero attached hydrogens (tertiary/aromatic N) is 1. The van der Waals surface area contributed by atoms with E-state index in [9.17, 15) is 0 Å². The fourth-order valence-corrected chi connectivity index (χ4v) is 2.93. The maximum atomic E-state index is 5.74. The Morgan fingerprint density at radius 3 is 2.67 bits per heavy atom. The molecule has 3 heteroatoms. The van der Waals surface area contributed by atoms with Gasteiger partial charge in [0, 0.05) is 13.1 Å². The number of benzene rings is 1. The minimum Gasteiger partial charge on any atom is -0.491 e. The molecule has 2 rings (SSSR count). The van der Waals surface area contributed by atoms with Crippen LogP contribution in [0.25, 0.3) is 0 Å². The largest absolute Gasteiger partial charge is 0.491 e. The number of rotatable bonds is 8. The van der Waals surface area contributed by atoms with Gasteiger partial charge in [0.25, 0.3) is 0 Å². The molecule has 0 saturated carbocycles. The highest BCUT2D eigenvalue weighted by molar-refractivity contribution is 5.28. The zero-order valence-electron chi connectivity index (χ0n) is 13.8. The summed E-state index contributed by atoms with van der Waals surface area (Å²) in [5, 5.41) is 3.57. The van der Waals surface area contributed by atoms with Crippen molar-refractivity contribution < 1.29 is 4.74 Å². The van der Waals surface area contributed by atoms with Crippen LogP contribution in [-0.2, 0) is 6.54 Å². The Morgan fingerprint density at radius 1 is 1.19 bits per heavy atom. The van der Waals surface area contributed by atoms with Crippen molar-refractivity contribution in [3.8, 4) is 5.75 Å². The number of ether oxygens (including phenoxy) is 1. The summed E-state index contributed by atoms with van der Waals surface area (Å²) in [6.07, 6.45) is 2.99. The summed E-state index contributed by atoms with van der Waals surface area (Å²) in [5.41, 5.74) is 1.29. The molecule has 0 bridgehead atoms. The number of hydrogen-bond acceptors (Lipinski definition) is 3. The lowest BCUT2D eigenvalue weighted by Crippen LogP contribution is -2.31. The van der Waals surface area contributed by atoms with E-state index in [4.69, 9.17) is 4.74 Å². The zero-order valence-corrected chi connectivity index (χ0v) is 13.8. The van der Waals surface area contributed by atoms with Gasteiger partial charge in [-0.3, -0.25) is 0 Å². The molecule has 0 radical (unpaired) electrons. The molecule has 1 aromatic rings. The molecular weight excluding hydrogens is 260 g/mol. The molecule has 0 amide bonds. The van der Waals surface area contributed by atoms with E-state index in [2.05, 4.69) is 49.2 Å². The molecule has 0 aliphatic carbocycles. The topological polar surface area (TPSA) is 24.5 Å². The summed E-state index contributed by atoms with van der Waals surface area (Å²) >= 11 is 0. The summed E-state index contributed by atoms with van der Waals surface area (Å²) in [6.45, 7) is 12.3. The molecule has 1 unspecified atom stereocenters. The Kier molecular flexibility index (Phi) is 6.52. The zero-order chi connectivity index (χ0) is 15.1. The van der Waals surface area contributed by atoms with Crippen LogP contribution in [0.4, 0.5) is 0 Å². The van der Waals surface area contributed by atoms with E-state index in [1.807, 2.05) is 6.07 Å². The number of hydrogen-bond donors (Lipinski definition) is 1. The first-order valence-electron chi connectivity index (χ1n) is 8.32. The van der Waals surface area contributed by atoms with Crippen molar-refractivity contribution in [3.05, 3.63) is 29.8 Å². The summed E-state index contributed by atoms with van der Waals surface area (Å²) in [6, 6.07) is 8.39. The van der Waals surface area contributed by atoms with Crippen molar-refractivity contribution in [2.45, 2.75) is 46.3 Å². The Hall–Kier alpha value is -1.06. The van der Waals surface area contributed by atoms with Crippen LogP contribution in [0.15, 0.2) is 24.3 Å². The minimum atomic E-state index is 0.230. The monoisotopic (exact) mass is 290 g/mol. The fraction of sp³-hybridized carbons (Fsp3) is 0.667. The van der Waals surface area contributed by atoms with Crippen LogP contribution in [0.1, 0.15) is 39.2 Å². The molecule has 1 atom stereocenters. The lowest BCUT2D eigenvalue weighted by Gasteiger charge is -2.20. The average molecular weight is 290 g/mol. The van der Waals surface area contributed by atoms with Crippen molar-refractivity contribution in [1.29, 1.82) is 0 Å². The predicted molar refractivity (Wildman–Crippen MR) is 88.8 cm³/mol. The van der Waals surface area contributed by atoms with Crippen LogP contribution in [0.5, 0.6) is 5.75 Å². The fourth-order valence-electron chi connectivity index (χ4n) is 2.93. The van der Waals surface area contributed by atoms with Crippen molar-refractivity contribution in [3.63, 3.8) is 0 Å². The molecule has 3 nitrogen and oxygen atoms in total. The molecule has 1 fully saturated rings. The first-order chi connectivity index (χ1) is 10.1. The molecule has 1 aromatic carbocycles. The van der Waals surface area contributed by atoms with E-state index in [1.165, 1.54) is 38.0 Å². The third-order valence-corrected chi connectivity index (χ3v) is 3.86. The van der Waals surface area contributed by atoms with Crippen LogP contribution in [0.3, 0.4) is 0 Å². The van der Waals surface area contributed by atoms with Gasteiger partial charge in [-0.1, -0.05) is 19.1 Å². The standard InChI is InChI=1S/C18H30N2O/c1-15(2)21-18-8-6-7-17(11-18)13-19-12-16(3)14-20-9-4-5-10-20/h6-8,11,15-16,19H,4-5,9-10,12-14H2,1-3H3. The van der Waals surface area contributed by atoms with E-state index in [0.29, 0.717) is 5.92 Å². The lowest BCUT2D eigenvalue weighted by atomic mass is 10.1. The Morgan fingerprint density at radius 2 is 1.95 bits per heavy atom. The van der Waals surface area contributed by atoms with Crippen LogP contribution < -0.4 is 10.1 Å². The molecule has 1 aliphatic heterocycles. The van der Waals surface area contributed by atoms with Gasteiger partial charge < -0.3 is 15.0 Å². The van der Waals surface area contributed by atoms with Crippen LogP contribution in [0.2, 0.25) is 0 Å². The maximum absolute atomic E-state index is 5.74. The van der Waals surface area contributed by atoms with E-state index in [-0.39, 0.29) is 6.10 Å². The molecule has 0 aromatic heterocycles. The van der Waals surface area contributed by atoms with Crippen molar-refractivity contribution in [1.82, 2.24) is 10.2 Å². The van der Waals surface area contributed by atoms with Gasteiger partial charge in [0.2, 0.25) is 0 Å². The Bertz CT molecular complexity index is 413. The van der Waals surface area contributed by atoms with Gasteiger partial charge in [0.1, 0.15) is 5.75 Å². The second-order valence-electron chi connectivity index (χ2n) is 6.56. The van der Waals surface area contributed by atoms with Crippen molar-refractivity contribution in [2.24, 2.45) is 5.92 Å². The first kappa shape index (κ1) is 16.3. The quantitative estimate of drug-likeness (QED) is 0.795. The van der Waals surface area contributed by atoms with Crippen LogP contribution in [0, 0.1) is 5.92 Å². The first-order valence-corrected chi connectivity index (χ1v) is 8.32. The van der Waals surface area contributed by atoms with Crippen LogP contribution >= 0.6 is 0 Å². The molecule has 1 heterocycles. The SMILES string of the molecule is CC(CNCc1cccc(OC(C)C)c1)CN1CCCC1. The van der Waals surface area contributed by atoms with E-state index >= 15 is 0 Å². The summed E-state index contributed by atoms with van der Waals surface area (Å²) < 4.78 is 5.74. The van der Waals surface area contributed by atoms with Crippen molar-refractivity contribution in [2.75, 3.05) is 26.2 Å². The van der Waals surface area contributed by atoms with Gasteiger partial charge in [0.15, 0.2) is 0 Å². The second kappa shape index (κ2) is 8.40. The summed E-state index contributed by atoms with van der Waals surface area (Å²) in [7, 11) is 0.